The number of nitrogens with zero attached hydrogens (tertiary/aromatic N) is 1. The summed E-state index contributed by atoms with van der Waals surface area (Å²) in [5.74, 6) is 0.120. The molecule has 0 atom stereocenters. The first-order chi connectivity index (χ1) is 12.2. The molecule has 0 aromatic heterocycles. The summed E-state index contributed by atoms with van der Waals surface area (Å²) in [5.41, 5.74) is 5.35. The summed E-state index contributed by atoms with van der Waals surface area (Å²) in [4.78, 5) is 15.0. The van der Waals surface area contributed by atoms with Crippen molar-refractivity contribution in [3.63, 3.8) is 0 Å². The molecule has 124 valence electrons. The second kappa shape index (κ2) is 6.85. The molecule has 1 amide bonds. The first kappa shape index (κ1) is 16.1. The summed E-state index contributed by atoms with van der Waals surface area (Å²) in [6.07, 6.45) is 0.903. The Labute approximate surface area is 156 Å². The van der Waals surface area contributed by atoms with Crippen LogP contribution in [0.15, 0.2) is 77.3 Å². The van der Waals surface area contributed by atoms with Crippen LogP contribution in [0.2, 0.25) is 0 Å². The summed E-state index contributed by atoms with van der Waals surface area (Å²) in [6.45, 7) is 1.40. The number of benzene rings is 3. The van der Waals surface area contributed by atoms with Gasteiger partial charge in [0.2, 0.25) is 0 Å². The molecule has 25 heavy (non-hydrogen) atoms. The van der Waals surface area contributed by atoms with Crippen LogP contribution in [-0.2, 0) is 13.0 Å². The van der Waals surface area contributed by atoms with Crippen molar-refractivity contribution in [1.29, 1.82) is 0 Å². The van der Waals surface area contributed by atoms with Gasteiger partial charge in [0, 0.05) is 23.1 Å². The molecule has 4 rings (SSSR count). The standard InChI is InChI=1S/C22H18BrNO/c23-21-9-5-4-8-19(21)15-24-13-12-17-10-11-18(14-20(17)22(24)25)16-6-2-1-3-7-16/h1-11,14H,12-13,15H2. The van der Waals surface area contributed by atoms with Gasteiger partial charge in [-0.25, -0.2) is 0 Å². The van der Waals surface area contributed by atoms with Gasteiger partial charge in [0.15, 0.2) is 0 Å². The molecule has 1 heterocycles. The fraction of sp³-hybridized carbons (Fsp3) is 0.136. The van der Waals surface area contributed by atoms with E-state index in [0.29, 0.717) is 6.54 Å². The smallest absolute Gasteiger partial charge is 0.254 e. The van der Waals surface area contributed by atoms with E-state index in [1.165, 1.54) is 0 Å². The van der Waals surface area contributed by atoms with Crippen LogP contribution >= 0.6 is 15.9 Å². The highest BCUT2D eigenvalue weighted by molar-refractivity contribution is 9.10. The van der Waals surface area contributed by atoms with Crippen LogP contribution in [0.5, 0.6) is 0 Å². The Morgan fingerprint density at radius 2 is 1.64 bits per heavy atom. The number of fused-ring (bicyclic) bond motifs is 1. The van der Waals surface area contributed by atoms with Crippen molar-refractivity contribution in [3.05, 3.63) is 94.0 Å². The van der Waals surface area contributed by atoms with Gasteiger partial charge in [-0.15, -0.1) is 0 Å². The molecule has 2 nitrogen and oxygen atoms in total. The maximum Gasteiger partial charge on any atom is 0.254 e. The molecule has 0 radical (unpaired) electrons. The van der Waals surface area contributed by atoms with Crippen molar-refractivity contribution >= 4 is 21.8 Å². The monoisotopic (exact) mass is 391 g/mol. The first-order valence-corrected chi connectivity index (χ1v) is 9.23. The molecule has 3 aromatic carbocycles. The van der Waals surface area contributed by atoms with Crippen LogP contribution in [-0.4, -0.2) is 17.4 Å². The second-order valence-electron chi connectivity index (χ2n) is 6.31. The minimum atomic E-state index is 0.120. The lowest BCUT2D eigenvalue weighted by Crippen LogP contribution is -2.37. The van der Waals surface area contributed by atoms with Gasteiger partial charge >= 0.3 is 0 Å². The van der Waals surface area contributed by atoms with Gasteiger partial charge in [-0.2, -0.15) is 0 Å². The Morgan fingerprint density at radius 1 is 0.880 bits per heavy atom. The third-order valence-corrected chi connectivity index (χ3v) is 5.48. The Bertz CT molecular complexity index is 920. The molecule has 0 saturated heterocycles. The average Bonchev–Trinajstić information content (AvgIpc) is 2.66. The number of carbonyl (C=O) groups excluding carboxylic acids is 1. The van der Waals surface area contributed by atoms with Crippen molar-refractivity contribution < 1.29 is 4.79 Å². The van der Waals surface area contributed by atoms with E-state index in [1.54, 1.807) is 0 Å². The fourth-order valence-electron chi connectivity index (χ4n) is 3.31. The predicted molar refractivity (Wildman–Crippen MR) is 104 cm³/mol. The molecule has 0 unspecified atom stereocenters. The van der Waals surface area contributed by atoms with Crippen molar-refractivity contribution in [2.24, 2.45) is 0 Å². The molecule has 0 spiro atoms. The van der Waals surface area contributed by atoms with Crippen LogP contribution in [0.3, 0.4) is 0 Å². The van der Waals surface area contributed by atoms with E-state index in [-0.39, 0.29) is 5.91 Å². The molecule has 1 aliphatic heterocycles. The first-order valence-electron chi connectivity index (χ1n) is 8.43. The predicted octanol–water partition coefficient (Wildman–Crippen LogP) is 5.31. The maximum absolute atomic E-state index is 13.0. The second-order valence-corrected chi connectivity index (χ2v) is 7.16. The van der Waals surface area contributed by atoms with E-state index in [1.807, 2.05) is 47.4 Å². The van der Waals surface area contributed by atoms with E-state index in [9.17, 15) is 4.79 Å². The van der Waals surface area contributed by atoms with E-state index >= 15 is 0 Å². The SMILES string of the molecule is O=C1c2cc(-c3ccccc3)ccc2CCN1Cc1ccccc1Br. The van der Waals surface area contributed by atoms with E-state index in [0.717, 1.165) is 45.3 Å². The molecule has 0 bridgehead atoms. The lowest BCUT2D eigenvalue weighted by molar-refractivity contribution is 0.0727. The Hall–Kier alpha value is -2.39. The largest absolute Gasteiger partial charge is 0.334 e. The lowest BCUT2D eigenvalue weighted by atomic mass is 9.94. The third kappa shape index (κ3) is 3.24. The zero-order chi connectivity index (χ0) is 17.2. The Kier molecular flexibility index (Phi) is 4.41. The highest BCUT2D eigenvalue weighted by atomic mass is 79.9. The van der Waals surface area contributed by atoms with Crippen LogP contribution < -0.4 is 0 Å². The topological polar surface area (TPSA) is 20.3 Å². The van der Waals surface area contributed by atoms with Gasteiger partial charge in [0.1, 0.15) is 0 Å². The number of amides is 1. The Balaban J connectivity index is 1.64. The van der Waals surface area contributed by atoms with Gasteiger partial charge in [0.25, 0.3) is 5.91 Å². The van der Waals surface area contributed by atoms with E-state index < -0.39 is 0 Å². The molecule has 3 heteroatoms. The molecule has 3 aromatic rings. The van der Waals surface area contributed by atoms with E-state index in [2.05, 4.69) is 46.3 Å². The highest BCUT2D eigenvalue weighted by Crippen LogP contribution is 2.28. The van der Waals surface area contributed by atoms with Gasteiger partial charge in [-0.3, -0.25) is 4.79 Å². The number of carbonyl (C=O) groups is 1. The molecule has 0 N–H and O–H groups in total. The van der Waals surface area contributed by atoms with Gasteiger partial charge in [-0.05, 0) is 40.8 Å². The van der Waals surface area contributed by atoms with Crippen LogP contribution in [0.1, 0.15) is 21.5 Å². The maximum atomic E-state index is 13.0. The Morgan fingerprint density at radius 3 is 2.44 bits per heavy atom. The number of hydrogen-bond acceptors (Lipinski definition) is 1. The van der Waals surface area contributed by atoms with Crippen LogP contribution in [0.25, 0.3) is 11.1 Å². The van der Waals surface area contributed by atoms with Gasteiger partial charge in [-0.1, -0.05) is 76.6 Å². The zero-order valence-electron chi connectivity index (χ0n) is 13.8. The summed E-state index contributed by atoms with van der Waals surface area (Å²) < 4.78 is 1.05. The van der Waals surface area contributed by atoms with Crippen LogP contribution in [0, 0.1) is 0 Å². The molecular formula is C22H18BrNO. The van der Waals surface area contributed by atoms with E-state index in [4.69, 9.17) is 0 Å². The summed E-state index contributed by atoms with van der Waals surface area (Å²) >= 11 is 3.58. The number of rotatable bonds is 3. The molecule has 0 saturated carbocycles. The average molecular weight is 392 g/mol. The normalized spacial score (nSPS) is 13.6. The summed E-state index contributed by atoms with van der Waals surface area (Å²) in [7, 11) is 0. The van der Waals surface area contributed by atoms with Gasteiger partial charge in [0.05, 0.1) is 0 Å². The fourth-order valence-corrected chi connectivity index (χ4v) is 3.72. The lowest BCUT2D eigenvalue weighted by Gasteiger charge is -2.29. The number of hydrogen-bond donors (Lipinski definition) is 0. The van der Waals surface area contributed by atoms with Gasteiger partial charge < -0.3 is 4.90 Å². The van der Waals surface area contributed by atoms with Crippen molar-refractivity contribution in [1.82, 2.24) is 4.90 Å². The summed E-state index contributed by atoms with van der Waals surface area (Å²) in [6, 6.07) is 24.6. The zero-order valence-corrected chi connectivity index (χ0v) is 15.4. The highest BCUT2D eigenvalue weighted by Gasteiger charge is 2.25. The molecule has 1 aliphatic rings. The third-order valence-electron chi connectivity index (χ3n) is 4.70. The molecule has 0 fully saturated rings. The van der Waals surface area contributed by atoms with Crippen molar-refractivity contribution in [3.8, 4) is 11.1 Å². The van der Waals surface area contributed by atoms with Crippen molar-refractivity contribution in [2.45, 2.75) is 13.0 Å². The minimum absolute atomic E-state index is 0.120. The van der Waals surface area contributed by atoms with Crippen molar-refractivity contribution in [2.75, 3.05) is 6.54 Å². The minimum Gasteiger partial charge on any atom is -0.334 e. The quantitative estimate of drug-likeness (QED) is 0.591. The summed E-state index contributed by atoms with van der Waals surface area (Å²) in [5, 5.41) is 0. The van der Waals surface area contributed by atoms with Crippen LogP contribution in [0.4, 0.5) is 0 Å². The molecular weight excluding hydrogens is 374 g/mol. The molecule has 0 aliphatic carbocycles. The number of halogens is 1.